The zero-order chi connectivity index (χ0) is 9.68. The Labute approximate surface area is 78.7 Å². The monoisotopic (exact) mass is 184 g/mol. The number of carbonyl (C=O) groups is 1. The van der Waals surface area contributed by atoms with Crippen LogP contribution in [0.3, 0.4) is 0 Å². The lowest BCUT2D eigenvalue weighted by Gasteiger charge is -2.36. The van der Waals surface area contributed by atoms with Gasteiger partial charge < -0.3 is 9.47 Å². The van der Waals surface area contributed by atoms with E-state index in [0.29, 0.717) is 18.6 Å². The van der Waals surface area contributed by atoms with Gasteiger partial charge in [-0.15, -0.1) is 0 Å². The van der Waals surface area contributed by atoms with E-state index in [1.165, 1.54) is 6.08 Å². The van der Waals surface area contributed by atoms with Crippen molar-refractivity contribution < 1.29 is 14.3 Å². The molecular weight excluding hydrogens is 168 g/mol. The zero-order valence-corrected chi connectivity index (χ0v) is 7.99. The fourth-order valence-electron chi connectivity index (χ4n) is 1.46. The number of hydrogen-bond acceptors (Lipinski definition) is 3. The molecule has 13 heavy (non-hydrogen) atoms. The molecule has 1 rings (SSSR count). The van der Waals surface area contributed by atoms with Gasteiger partial charge in [-0.05, 0) is 12.8 Å². The van der Waals surface area contributed by atoms with Crippen molar-refractivity contribution in [1.29, 1.82) is 0 Å². The van der Waals surface area contributed by atoms with E-state index < -0.39 is 0 Å². The summed E-state index contributed by atoms with van der Waals surface area (Å²) in [5, 5.41) is 0. The maximum Gasteiger partial charge on any atom is 0.330 e. The summed E-state index contributed by atoms with van der Waals surface area (Å²) in [7, 11) is 0. The molecule has 0 aromatic heterocycles. The first-order valence-electron chi connectivity index (χ1n) is 4.68. The van der Waals surface area contributed by atoms with Gasteiger partial charge in [0.05, 0.1) is 19.3 Å². The summed E-state index contributed by atoms with van der Waals surface area (Å²) in [6, 6.07) is 0. The van der Waals surface area contributed by atoms with E-state index in [1.807, 2.05) is 0 Å². The second-order valence-corrected chi connectivity index (χ2v) is 3.20. The predicted octanol–water partition coefficient (Wildman–Crippen LogP) is 1.53. The standard InChI is InChI=1S/C10H16O3/c1-3-9-8(7-13-9)5-6-12-10(11)4-2/h4,8-9H,2-3,5-7H2,1H3. The Morgan fingerprint density at radius 1 is 1.77 bits per heavy atom. The smallest absolute Gasteiger partial charge is 0.330 e. The normalized spacial score (nSPS) is 26.2. The Morgan fingerprint density at radius 2 is 2.54 bits per heavy atom. The summed E-state index contributed by atoms with van der Waals surface area (Å²) >= 11 is 0. The van der Waals surface area contributed by atoms with Gasteiger partial charge in [-0.2, -0.15) is 0 Å². The molecule has 0 aromatic carbocycles. The van der Waals surface area contributed by atoms with Gasteiger partial charge in [0, 0.05) is 12.0 Å². The van der Waals surface area contributed by atoms with Crippen molar-refractivity contribution in [1.82, 2.24) is 0 Å². The fraction of sp³-hybridized carbons (Fsp3) is 0.700. The van der Waals surface area contributed by atoms with Crippen LogP contribution in [0.4, 0.5) is 0 Å². The first kappa shape index (κ1) is 10.3. The second-order valence-electron chi connectivity index (χ2n) is 3.20. The van der Waals surface area contributed by atoms with E-state index in [1.54, 1.807) is 0 Å². The summed E-state index contributed by atoms with van der Waals surface area (Å²) in [4.78, 5) is 10.7. The summed E-state index contributed by atoms with van der Waals surface area (Å²) in [6.45, 7) is 6.72. The van der Waals surface area contributed by atoms with Gasteiger partial charge in [0.2, 0.25) is 0 Å². The summed E-state index contributed by atoms with van der Waals surface area (Å²) in [6.07, 6.45) is 3.51. The first-order chi connectivity index (χ1) is 6.27. The van der Waals surface area contributed by atoms with Crippen molar-refractivity contribution in [2.24, 2.45) is 5.92 Å². The molecule has 1 fully saturated rings. The Balaban J connectivity index is 2.06. The maximum absolute atomic E-state index is 10.7. The topological polar surface area (TPSA) is 35.5 Å². The van der Waals surface area contributed by atoms with Crippen LogP contribution in [0.15, 0.2) is 12.7 Å². The van der Waals surface area contributed by atoms with Crippen molar-refractivity contribution >= 4 is 5.97 Å². The van der Waals surface area contributed by atoms with Crippen molar-refractivity contribution in [3.63, 3.8) is 0 Å². The van der Waals surface area contributed by atoms with Gasteiger partial charge in [-0.25, -0.2) is 4.79 Å². The Morgan fingerprint density at radius 3 is 3.00 bits per heavy atom. The van der Waals surface area contributed by atoms with Crippen molar-refractivity contribution in [2.75, 3.05) is 13.2 Å². The number of hydrogen-bond donors (Lipinski definition) is 0. The highest BCUT2D eigenvalue weighted by atomic mass is 16.5. The molecule has 2 unspecified atom stereocenters. The molecule has 0 N–H and O–H groups in total. The van der Waals surface area contributed by atoms with Gasteiger partial charge in [0.1, 0.15) is 0 Å². The quantitative estimate of drug-likeness (QED) is 0.480. The zero-order valence-electron chi connectivity index (χ0n) is 7.99. The van der Waals surface area contributed by atoms with E-state index in [4.69, 9.17) is 9.47 Å². The molecule has 1 aliphatic rings. The van der Waals surface area contributed by atoms with Crippen LogP contribution in [0, 0.1) is 5.92 Å². The Bertz CT molecular complexity index is 187. The van der Waals surface area contributed by atoms with E-state index in [0.717, 1.165) is 19.4 Å². The minimum Gasteiger partial charge on any atom is -0.463 e. The van der Waals surface area contributed by atoms with E-state index >= 15 is 0 Å². The Kier molecular flexibility index (Phi) is 3.96. The molecule has 0 bridgehead atoms. The summed E-state index contributed by atoms with van der Waals surface area (Å²) < 4.78 is 10.2. The summed E-state index contributed by atoms with van der Waals surface area (Å²) in [5.41, 5.74) is 0. The number of esters is 1. The van der Waals surface area contributed by atoms with Gasteiger partial charge >= 0.3 is 5.97 Å². The number of ether oxygens (including phenoxy) is 2. The third-order valence-corrected chi connectivity index (χ3v) is 2.35. The van der Waals surface area contributed by atoms with E-state index in [9.17, 15) is 4.79 Å². The fourth-order valence-corrected chi connectivity index (χ4v) is 1.46. The molecule has 3 heteroatoms. The molecule has 1 heterocycles. The minimum absolute atomic E-state index is 0.340. The Hall–Kier alpha value is -0.830. The van der Waals surface area contributed by atoms with Crippen molar-refractivity contribution in [3.8, 4) is 0 Å². The molecular formula is C10H16O3. The lowest BCUT2D eigenvalue weighted by molar-refractivity contribution is -0.144. The van der Waals surface area contributed by atoms with Gasteiger partial charge in [-0.3, -0.25) is 0 Å². The minimum atomic E-state index is -0.340. The maximum atomic E-state index is 10.7. The van der Waals surface area contributed by atoms with Crippen molar-refractivity contribution in [3.05, 3.63) is 12.7 Å². The van der Waals surface area contributed by atoms with E-state index in [2.05, 4.69) is 13.5 Å². The lowest BCUT2D eigenvalue weighted by Crippen LogP contribution is -2.39. The average Bonchev–Trinajstić information content (AvgIpc) is 2.11. The van der Waals surface area contributed by atoms with Crippen molar-refractivity contribution in [2.45, 2.75) is 25.9 Å². The van der Waals surface area contributed by atoms with Crippen LogP contribution < -0.4 is 0 Å². The lowest BCUT2D eigenvalue weighted by atomic mass is 9.93. The average molecular weight is 184 g/mol. The second kappa shape index (κ2) is 5.02. The first-order valence-corrected chi connectivity index (χ1v) is 4.68. The van der Waals surface area contributed by atoms with Gasteiger partial charge in [-0.1, -0.05) is 13.5 Å². The molecule has 2 atom stereocenters. The third kappa shape index (κ3) is 2.84. The molecule has 0 radical (unpaired) electrons. The van der Waals surface area contributed by atoms with Crippen LogP contribution >= 0.6 is 0 Å². The van der Waals surface area contributed by atoms with E-state index in [-0.39, 0.29) is 5.97 Å². The SMILES string of the molecule is C=CC(=O)OCCC1COC1CC. The largest absolute Gasteiger partial charge is 0.463 e. The molecule has 0 spiro atoms. The molecule has 0 amide bonds. The molecule has 1 aliphatic heterocycles. The van der Waals surface area contributed by atoms with Crippen LogP contribution in [-0.2, 0) is 14.3 Å². The highest BCUT2D eigenvalue weighted by Gasteiger charge is 2.29. The summed E-state index contributed by atoms with van der Waals surface area (Å²) in [5.74, 6) is 0.232. The van der Waals surface area contributed by atoms with Crippen LogP contribution in [-0.4, -0.2) is 25.3 Å². The number of rotatable bonds is 5. The molecule has 1 saturated heterocycles. The number of carbonyl (C=O) groups excluding carboxylic acids is 1. The van der Waals surface area contributed by atoms with Crippen LogP contribution in [0.25, 0.3) is 0 Å². The molecule has 3 nitrogen and oxygen atoms in total. The van der Waals surface area contributed by atoms with Crippen LogP contribution in [0.1, 0.15) is 19.8 Å². The van der Waals surface area contributed by atoms with Crippen LogP contribution in [0.2, 0.25) is 0 Å². The van der Waals surface area contributed by atoms with Crippen LogP contribution in [0.5, 0.6) is 0 Å². The molecule has 0 saturated carbocycles. The molecule has 0 aliphatic carbocycles. The molecule has 74 valence electrons. The van der Waals surface area contributed by atoms with Gasteiger partial charge in [0.15, 0.2) is 0 Å². The third-order valence-electron chi connectivity index (χ3n) is 2.35. The highest BCUT2D eigenvalue weighted by molar-refractivity contribution is 5.81. The molecule has 0 aromatic rings. The van der Waals surface area contributed by atoms with Gasteiger partial charge in [0.25, 0.3) is 0 Å². The highest BCUT2D eigenvalue weighted by Crippen LogP contribution is 2.25. The predicted molar refractivity (Wildman–Crippen MR) is 49.3 cm³/mol.